The third-order valence-corrected chi connectivity index (χ3v) is 5.93. The van der Waals surface area contributed by atoms with E-state index in [2.05, 4.69) is 43.3 Å². The summed E-state index contributed by atoms with van der Waals surface area (Å²) < 4.78 is 0. The fraction of sp³-hybridized carbons (Fsp3) is 0.765. The van der Waals surface area contributed by atoms with Gasteiger partial charge in [0.2, 0.25) is 0 Å². The van der Waals surface area contributed by atoms with Gasteiger partial charge in [0.05, 0.1) is 6.10 Å². The molecule has 114 valence electrons. The lowest BCUT2D eigenvalue weighted by molar-refractivity contribution is 0.0244. The molecule has 1 aliphatic rings. The minimum atomic E-state index is -0.0962. The molecule has 20 heavy (non-hydrogen) atoms. The van der Waals surface area contributed by atoms with E-state index in [1.165, 1.54) is 30.6 Å². The molecule has 0 saturated heterocycles. The number of nitrogens with zero attached hydrogens (tertiary/aromatic N) is 1. The van der Waals surface area contributed by atoms with Crippen molar-refractivity contribution < 1.29 is 5.11 Å². The normalized spacial score (nSPS) is 28.8. The Balaban J connectivity index is 1.90. The van der Waals surface area contributed by atoms with E-state index in [1.807, 2.05) is 11.3 Å². The molecule has 0 aromatic carbocycles. The van der Waals surface area contributed by atoms with Crippen LogP contribution < -0.4 is 0 Å². The van der Waals surface area contributed by atoms with Crippen LogP contribution in [0.4, 0.5) is 0 Å². The maximum atomic E-state index is 10.3. The summed E-state index contributed by atoms with van der Waals surface area (Å²) >= 11 is 1.83. The Bertz CT molecular complexity index is 378. The van der Waals surface area contributed by atoms with Gasteiger partial charge < -0.3 is 5.11 Å². The van der Waals surface area contributed by atoms with E-state index in [-0.39, 0.29) is 6.10 Å². The Morgan fingerprint density at radius 1 is 1.45 bits per heavy atom. The predicted octanol–water partition coefficient (Wildman–Crippen LogP) is 4.32. The van der Waals surface area contributed by atoms with Crippen LogP contribution >= 0.6 is 11.3 Å². The van der Waals surface area contributed by atoms with E-state index in [0.717, 1.165) is 18.9 Å². The predicted molar refractivity (Wildman–Crippen MR) is 87.1 cm³/mol. The second-order valence-electron chi connectivity index (χ2n) is 6.43. The molecule has 0 amide bonds. The lowest BCUT2D eigenvalue weighted by atomic mass is 9.77. The third kappa shape index (κ3) is 4.06. The van der Waals surface area contributed by atoms with Crippen molar-refractivity contribution in [1.29, 1.82) is 0 Å². The van der Waals surface area contributed by atoms with Crippen molar-refractivity contribution in [2.24, 2.45) is 11.8 Å². The minimum absolute atomic E-state index is 0.0962. The van der Waals surface area contributed by atoms with Crippen molar-refractivity contribution >= 4 is 11.3 Å². The Labute approximate surface area is 127 Å². The average molecular weight is 295 g/mol. The van der Waals surface area contributed by atoms with Crippen LogP contribution in [-0.4, -0.2) is 29.7 Å². The maximum Gasteiger partial charge on any atom is 0.0580 e. The van der Waals surface area contributed by atoms with Crippen molar-refractivity contribution in [1.82, 2.24) is 4.90 Å². The minimum Gasteiger partial charge on any atom is -0.393 e. The van der Waals surface area contributed by atoms with E-state index < -0.39 is 0 Å². The van der Waals surface area contributed by atoms with Gasteiger partial charge in [0.25, 0.3) is 0 Å². The molecule has 1 aromatic heterocycles. The van der Waals surface area contributed by atoms with Gasteiger partial charge in [-0.15, -0.1) is 11.3 Å². The SMILES string of the molecule is CCCC1CCC(O)C(CN(C)C(C)c2cccs2)C1. The summed E-state index contributed by atoms with van der Waals surface area (Å²) in [6, 6.07) is 4.79. The van der Waals surface area contributed by atoms with E-state index in [1.54, 1.807) is 0 Å². The van der Waals surface area contributed by atoms with Crippen LogP contribution in [0.1, 0.15) is 56.9 Å². The average Bonchev–Trinajstić information content (AvgIpc) is 2.96. The lowest BCUT2D eigenvalue weighted by Crippen LogP contribution is -2.38. The van der Waals surface area contributed by atoms with Gasteiger partial charge in [0.15, 0.2) is 0 Å². The molecule has 0 bridgehead atoms. The molecule has 4 unspecified atom stereocenters. The number of aliphatic hydroxyl groups excluding tert-OH is 1. The Kier molecular flexibility index (Phi) is 6.06. The number of aliphatic hydroxyl groups is 1. The van der Waals surface area contributed by atoms with Gasteiger partial charge in [-0.25, -0.2) is 0 Å². The van der Waals surface area contributed by atoms with Crippen LogP contribution in [0.3, 0.4) is 0 Å². The zero-order chi connectivity index (χ0) is 14.5. The standard InChI is InChI=1S/C17H29NOS/c1-4-6-14-8-9-16(19)15(11-14)12-18(3)13(2)17-7-5-10-20-17/h5,7,10,13-16,19H,4,6,8-9,11-12H2,1-3H3. The van der Waals surface area contributed by atoms with Crippen LogP contribution in [0.25, 0.3) is 0 Å². The molecule has 0 aliphatic heterocycles. The van der Waals surface area contributed by atoms with Gasteiger partial charge in [-0.1, -0.05) is 25.8 Å². The molecule has 1 N–H and O–H groups in total. The van der Waals surface area contributed by atoms with Gasteiger partial charge in [-0.05, 0) is 56.5 Å². The molecule has 2 nitrogen and oxygen atoms in total. The molecule has 3 heteroatoms. The second-order valence-corrected chi connectivity index (χ2v) is 7.41. The molecule has 0 spiro atoms. The smallest absolute Gasteiger partial charge is 0.0580 e. The summed E-state index contributed by atoms with van der Waals surface area (Å²) in [5.74, 6) is 1.28. The van der Waals surface area contributed by atoms with Crippen LogP contribution in [-0.2, 0) is 0 Å². The summed E-state index contributed by atoms with van der Waals surface area (Å²) in [6.07, 6.45) is 5.92. The summed E-state index contributed by atoms with van der Waals surface area (Å²) in [5.41, 5.74) is 0. The first-order chi connectivity index (χ1) is 9.61. The monoisotopic (exact) mass is 295 g/mol. The highest BCUT2D eigenvalue weighted by Gasteiger charge is 2.30. The van der Waals surface area contributed by atoms with Crippen LogP contribution in [0, 0.1) is 11.8 Å². The highest BCUT2D eigenvalue weighted by Crippen LogP contribution is 2.34. The second kappa shape index (κ2) is 7.58. The molecule has 1 saturated carbocycles. The number of rotatable bonds is 6. The zero-order valence-electron chi connectivity index (χ0n) is 13.1. The van der Waals surface area contributed by atoms with Crippen LogP contribution in [0.5, 0.6) is 0 Å². The van der Waals surface area contributed by atoms with Crippen molar-refractivity contribution in [2.75, 3.05) is 13.6 Å². The molecule has 1 fully saturated rings. The summed E-state index contributed by atoms with van der Waals surface area (Å²) in [4.78, 5) is 3.83. The lowest BCUT2D eigenvalue weighted by Gasteiger charge is -2.37. The Hall–Kier alpha value is -0.380. The van der Waals surface area contributed by atoms with Crippen LogP contribution in [0.15, 0.2) is 17.5 Å². The Morgan fingerprint density at radius 2 is 2.25 bits per heavy atom. The first-order valence-corrected chi connectivity index (χ1v) is 8.91. The Morgan fingerprint density at radius 3 is 2.90 bits per heavy atom. The molecule has 1 aliphatic carbocycles. The third-order valence-electron chi connectivity index (χ3n) is 4.89. The number of hydrogen-bond acceptors (Lipinski definition) is 3. The summed E-state index contributed by atoms with van der Waals surface area (Å²) in [6.45, 7) is 5.55. The number of thiophene rings is 1. The first kappa shape index (κ1) is 16.0. The number of hydrogen-bond donors (Lipinski definition) is 1. The fourth-order valence-corrected chi connectivity index (χ4v) is 4.33. The highest BCUT2D eigenvalue weighted by atomic mass is 32.1. The maximum absolute atomic E-state index is 10.3. The first-order valence-electron chi connectivity index (χ1n) is 8.03. The molecule has 4 atom stereocenters. The zero-order valence-corrected chi connectivity index (χ0v) is 13.9. The van der Waals surface area contributed by atoms with Crippen molar-refractivity contribution in [2.45, 2.75) is 58.1 Å². The van der Waals surface area contributed by atoms with Crippen molar-refractivity contribution in [3.63, 3.8) is 0 Å². The van der Waals surface area contributed by atoms with E-state index in [9.17, 15) is 5.11 Å². The fourth-order valence-electron chi connectivity index (χ4n) is 3.49. The van der Waals surface area contributed by atoms with Gasteiger partial charge in [0, 0.05) is 17.5 Å². The van der Waals surface area contributed by atoms with Crippen molar-refractivity contribution in [3.8, 4) is 0 Å². The topological polar surface area (TPSA) is 23.5 Å². The summed E-state index contributed by atoms with van der Waals surface area (Å²) in [7, 11) is 2.19. The van der Waals surface area contributed by atoms with E-state index in [0.29, 0.717) is 12.0 Å². The highest BCUT2D eigenvalue weighted by molar-refractivity contribution is 7.10. The summed E-state index contributed by atoms with van der Waals surface area (Å²) in [5, 5.41) is 12.4. The van der Waals surface area contributed by atoms with Crippen molar-refractivity contribution in [3.05, 3.63) is 22.4 Å². The van der Waals surface area contributed by atoms with E-state index >= 15 is 0 Å². The molecule has 1 heterocycles. The van der Waals surface area contributed by atoms with Gasteiger partial charge in [0.1, 0.15) is 0 Å². The molecule has 1 aromatic rings. The van der Waals surface area contributed by atoms with E-state index in [4.69, 9.17) is 0 Å². The molecular weight excluding hydrogens is 266 g/mol. The van der Waals surface area contributed by atoms with Gasteiger partial charge in [-0.3, -0.25) is 4.90 Å². The largest absolute Gasteiger partial charge is 0.393 e. The van der Waals surface area contributed by atoms with Crippen LogP contribution in [0.2, 0.25) is 0 Å². The van der Waals surface area contributed by atoms with Gasteiger partial charge in [-0.2, -0.15) is 0 Å². The molecular formula is C17H29NOS. The molecule has 0 radical (unpaired) electrons. The quantitative estimate of drug-likeness (QED) is 0.845. The van der Waals surface area contributed by atoms with Gasteiger partial charge >= 0.3 is 0 Å². The molecule has 2 rings (SSSR count).